The van der Waals surface area contributed by atoms with Crippen molar-refractivity contribution in [2.24, 2.45) is 0 Å². The summed E-state index contributed by atoms with van der Waals surface area (Å²) >= 11 is 1.08. The fraction of sp³-hybridized carbons (Fsp3) is 0.400. The van der Waals surface area contributed by atoms with Gasteiger partial charge < -0.3 is 10.2 Å². The van der Waals surface area contributed by atoms with Crippen LogP contribution in [0.25, 0.3) is 10.2 Å². The molecule has 7 nitrogen and oxygen atoms in total. The molecular weight excluding hydrogens is 254 g/mol. The Balaban J connectivity index is 2.07. The lowest BCUT2D eigenvalue weighted by Gasteiger charge is -2.36. The van der Waals surface area contributed by atoms with Gasteiger partial charge in [-0.15, -0.1) is 0 Å². The van der Waals surface area contributed by atoms with E-state index in [-0.39, 0.29) is 9.92 Å². The van der Waals surface area contributed by atoms with Crippen molar-refractivity contribution in [3.05, 3.63) is 22.5 Å². The van der Waals surface area contributed by atoms with E-state index in [2.05, 4.69) is 20.2 Å². The van der Waals surface area contributed by atoms with Crippen LogP contribution in [0.15, 0.2) is 12.4 Å². The van der Waals surface area contributed by atoms with Gasteiger partial charge in [0.2, 0.25) is 0 Å². The molecule has 3 heterocycles. The molecule has 0 bridgehead atoms. The van der Waals surface area contributed by atoms with Crippen LogP contribution in [0.4, 0.5) is 10.8 Å². The maximum atomic E-state index is 10.8. The monoisotopic (exact) mass is 265 g/mol. The van der Waals surface area contributed by atoms with Gasteiger partial charge in [0.1, 0.15) is 17.0 Å². The van der Waals surface area contributed by atoms with Gasteiger partial charge in [0, 0.05) is 26.2 Å². The molecule has 0 aromatic carbocycles. The summed E-state index contributed by atoms with van der Waals surface area (Å²) in [4.78, 5) is 21.5. The van der Waals surface area contributed by atoms with Crippen LogP contribution in [-0.4, -0.2) is 41.1 Å². The molecule has 1 fully saturated rings. The SMILES string of the molecule is CN(c1ncnc2sc([N+](=O)[O-])cc12)C1CNC1. The van der Waals surface area contributed by atoms with Gasteiger partial charge in [-0.3, -0.25) is 10.1 Å². The number of hydrogen-bond acceptors (Lipinski definition) is 7. The number of fused-ring (bicyclic) bond motifs is 1. The van der Waals surface area contributed by atoms with Crippen LogP contribution >= 0.6 is 11.3 Å². The molecule has 1 aliphatic heterocycles. The van der Waals surface area contributed by atoms with Crippen molar-refractivity contribution in [3.63, 3.8) is 0 Å². The molecule has 0 radical (unpaired) electrons. The molecule has 0 unspecified atom stereocenters. The first-order valence-corrected chi connectivity index (χ1v) is 6.31. The average molecular weight is 265 g/mol. The number of nitro groups is 1. The Morgan fingerprint density at radius 3 is 2.94 bits per heavy atom. The Hall–Kier alpha value is -1.80. The summed E-state index contributed by atoms with van der Waals surface area (Å²) in [6, 6.07) is 1.94. The first-order valence-electron chi connectivity index (χ1n) is 5.49. The Bertz CT molecular complexity index is 609. The molecule has 2 aromatic heterocycles. The van der Waals surface area contributed by atoms with Crippen LogP contribution in [0, 0.1) is 10.1 Å². The van der Waals surface area contributed by atoms with Crippen LogP contribution in [0.5, 0.6) is 0 Å². The van der Waals surface area contributed by atoms with Crippen molar-refractivity contribution >= 4 is 32.4 Å². The lowest BCUT2D eigenvalue weighted by Crippen LogP contribution is -2.56. The number of thiophene rings is 1. The number of hydrogen-bond donors (Lipinski definition) is 1. The molecule has 0 spiro atoms. The van der Waals surface area contributed by atoms with Gasteiger partial charge in [0.25, 0.3) is 0 Å². The Labute approximate surface area is 107 Å². The number of likely N-dealkylation sites (N-methyl/N-ethyl adjacent to an activating group) is 1. The minimum atomic E-state index is -0.388. The first-order chi connectivity index (χ1) is 8.66. The molecule has 0 amide bonds. The second-order valence-electron chi connectivity index (χ2n) is 4.18. The average Bonchev–Trinajstić information content (AvgIpc) is 2.69. The normalized spacial score (nSPS) is 15.6. The lowest BCUT2D eigenvalue weighted by atomic mass is 10.1. The zero-order valence-corrected chi connectivity index (χ0v) is 10.5. The first kappa shape index (κ1) is 11.3. The molecule has 0 saturated carbocycles. The third-order valence-electron chi connectivity index (χ3n) is 3.12. The molecule has 8 heteroatoms. The minimum Gasteiger partial charge on any atom is -0.353 e. The molecule has 1 N–H and O–H groups in total. The molecule has 94 valence electrons. The van der Waals surface area contributed by atoms with E-state index in [9.17, 15) is 10.1 Å². The van der Waals surface area contributed by atoms with Crippen molar-refractivity contribution in [3.8, 4) is 0 Å². The topological polar surface area (TPSA) is 84.2 Å². The number of aromatic nitrogens is 2. The molecule has 0 aliphatic carbocycles. The molecule has 1 aliphatic rings. The predicted molar refractivity (Wildman–Crippen MR) is 69.1 cm³/mol. The fourth-order valence-electron chi connectivity index (χ4n) is 1.92. The zero-order chi connectivity index (χ0) is 12.7. The van der Waals surface area contributed by atoms with Crippen molar-refractivity contribution in [2.45, 2.75) is 6.04 Å². The minimum absolute atomic E-state index is 0.104. The molecule has 1 saturated heterocycles. The van der Waals surface area contributed by atoms with Gasteiger partial charge >= 0.3 is 5.00 Å². The number of rotatable bonds is 3. The van der Waals surface area contributed by atoms with Gasteiger partial charge in [-0.1, -0.05) is 0 Å². The van der Waals surface area contributed by atoms with Crippen molar-refractivity contribution in [1.29, 1.82) is 0 Å². The third-order valence-corrected chi connectivity index (χ3v) is 4.11. The maximum absolute atomic E-state index is 10.8. The Morgan fingerprint density at radius 2 is 2.33 bits per heavy atom. The number of anilines is 1. The van der Waals surface area contributed by atoms with Crippen LogP contribution < -0.4 is 10.2 Å². The van der Waals surface area contributed by atoms with Gasteiger partial charge in [-0.05, 0) is 11.3 Å². The Kier molecular flexibility index (Phi) is 2.60. The van der Waals surface area contributed by atoms with E-state index in [0.29, 0.717) is 10.9 Å². The second kappa shape index (κ2) is 4.14. The molecule has 3 rings (SSSR count). The molecule has 18 heavy (non-hydrogen) atoms. The van der Waals surface area contributed by atoms with E-state index in [0.717, 1.165) is 35.6 Å². The molecule has 0 atom stereocenters. The van der Waals surface area contributed by atoms with E-state index in [1.165, 1.54) is 6.33 Å². The number of nitrogens with zero attached hydrogens (tertiary/aromatic N) is 4. The van der Waals surface area contributed by atoms with Gasteiger partial charge in [-0.25, -0.2) is 9.97 Å². The fourth-order valence-corrected chi connectivity index (χ4v) is 2.73. The summed E-state index contributed by atoms with van der Waals surface area (Å²) in [5.41, 5.74) is 0. The van der Waals surface area contributed by atoms with Crippen molar-refractivity contribution in [2.75, 3.05) is 25.0 Å². The van der Waals surface area contributed by atoms with E-state index >= 15 is 0 Å². The van der Waals surface area contributed by atoms with Crippen LogP contribution in [0.2, 0.25) is 0 Å². The molecule has 2 aromatic rings. The summed E-state index contributed by atoms with van der Waals surface area (Å²) in [7, 11) is 1.96. The van der Waals surface area contributed by atoms with E-state index in [4.69, 9.17) is 0 Å². The Morgan fingerprint density at radius 1 is 1.56 bits per heavy atom. The van der Waals surface area contributed by atoms with Crippen molar-refractivity contribution < 1.29 is 4.92 Å². The summed E-state index contributed by atoms with van der Waals surface area (Å²) in [6.45, 7) is 1.82. The van der Waals surface area contributed by atoms with E-state index < -0.39 is 0 Å². The number of nitrogens with one attached hydrogen (secondary N) is 1. The lowest BCUT2D eigenvalue weighted by molar-refractivity contribution is -0.380. The van der Waals surface area contributed by atoms with Crippen LogP contribution in [0.1, 0.15) is 0 Å². The van der Waals surface area contributed by atoms with Gasteiger partial charge in [0.05, 0.1) is 16.4 Å². The van der Waals surface area contributed by atoms with Gasteiger partial charge in [-0.2, -0.15) is 0 Å². The zero-order valence-electron chi connectivity index (χ0n) is 9.66. The van der Waals surface area contributed by atoms with Crippen molar-refractivity contribution in [1.82, 2.24) is 15.3 Å². The maximum Gasteiger partial charge on any atom is 0.326 e. The van der Waals surface area contributed by atoms with E-state index in [1.807, 2.05) is 7.05 Å². The third kappa shape index (κ3) is 1.70. The largest absolute Gasteiger partial charge is 0.353 e. The van der Waals surface area contributed by atoms with Crippen LogP contribution in [-0.2, 0) is 0 Å². The highest BCUT2D eigenvalue weighted by molar-refractivity contribution is 7.21. The van der Waals surface area contributed by atoms with Gasteiger partial charge in [0.15, 0.2) is 0 Å². The summed E-state index contributed by atoms with van der Waals surface area (Å²) < 4.78 is 0. The summed E-state index contributed by atoms with van der Waals surface area (Å²) in [5.74, 6) is 0.760. The predicted octanol–water partition coefficient (Wildman–Crippen LogP) is 1.01. The second-order valence-corrected chi connectivity index (χ2v) is 5.19. The summed E-state index contributed by atoms with van der Waals surface area (Å²) in [6.07, 6.45) is 1.46. The van der Waals surface area contributed by atoms with E-state index in [1.54, 1.807) is 6.07 Å². The quantitative estimate of drug-likeness (QED) is 0.658. The highest BCUT2D eigenvalue weighted by Crippen LogP contribution is 2.34. The highest BCUT2D eigenvalue weighted by atomic mass is 32.1. The summed E-state index contributed by atoms with van der Waals surface area (Å²) in [5, 5.41) is 14.8. The van der Waals surface area contributed by atoms with Crippen LogP contribution in [0.3, 0.4) is 0 Å². The standard InChI is InChI=1S/C10H11N5O2S/c1-14(6-3-11-4-6)9-7-2-8(15(16)17)18-10(7)13-5-12-9/h2,5-6,11H,3-4H2,1H3. The smallest absolute Gasteiger partial charge is 0.326 e. The molecular formula is C10H11N5O2S. The highest BCUT2D eigenvalue weighted by Gasteiger charge is 2.25.